The molecule has 4 nitrogen and oxygen atoms in total. The second-order valence-electron chi connectivity index (χ2n) is 6.15. The Bertz CT molecular complexity index is 293. The number of carbonyl (C=O) groups excluding carboxylic acids is 1. The van der Waals surface area contributed by atoms with E-state index < -0.39 is 6.10 Å². The molecule has 122 valence electrons. The van der Waals surface area contributed by atoms with E-state index in [1.54, 1.807) is 0 Å². The van der Waals surface area contributed by atoms with Crippen LogP contribution in [0.5, 0.6) is 0 Å². The molecule has 0 fully saturated rings. The van der Waals surface area contributed by atoms with Gasteiger partial charge in [0.25, 0.3) is 0 Å². The summed E-state index contributed by atoms with van der Waals surface area (Å²) in [6, 6.07) is 0. The molecule has 1 rings (SSSR count). The van der Waals surface area contributed by atoms with E-state index in [0.717, 1.165) is 12.8 Å². The molecule has 1 aliphatic heterocycles. The maximum atomic E-state index is 11.1. The lowest BCUT2D eigenvalue weighted by Gasteiger charge is -2.05. The van der Waals surface area contributed by atoms with Gasteiger partial charge in [0.15, 0.2) is 0 Å². The molecule has 0 bridgehead atoms. The molecule has 1 amide bonds. The second kappa shape index (κ2) is 12.8. The van der Waals surface area contributed by atoms with Gasteiger partial charge in [0.05, 0.1) is 0 Å². The third-order valence-electron chi connectivity index (χ3n) is 4.16. The van der Waals surface area contributed by atoms with Crippen molar-refractivity contribution in [3.8, 4) is 0 Å². The predicted molar refractivity (Wildman–Crippen MR) is 85.0 cm³/mol. The van der Waals surface area contributed by atoms with E-state index in [0.29, 0.717) is 0 Å². The zero-order chi connectivity index (χ0) is 15.2. The minimum atomic E-state index is -0.391. The van der Waals surface area contributed by atoms with Crippen LogP contribution in [0.2, 0.25) is 0 Å². The zero-order valence-electron chi connectivity index (χ0n) is 13.7. The van der Waals surface area contributed by atoms with Gasteiger partial charge in [0.2, 0.25) is 6.10 Å². The van der Waals surface area contributed by atoms with E-state index in [-0.39, 0.29) is 5.91 Å². The van der Waals surface area contributed by atoms with Crippen LogP contribution in [0.3, 0.4) is 0 Å². The zero-order valence-corrected chi connectivity index (χ0v) is 13.7. The molecule has 0 aromatic rings. The van der Waals surface area contributed by atoms with Gasteiger partial charge in [-0.3, -0.25) is 4.79 Å². The van der Waals surface area contributed by atoms with E-state index in [1.165, 1.54) is 77.0 Å². The first-order valence-corrected chi connectivity index (χ1v) is 8.95. The quantitative estimate of drug-likeness (QED) is 0.383. The van der Waals surface area contributed by atoms with Crippen LogP contribution in [0.4, 0.5) is 0 Å². The van der Waals surface area contributed by atoms with Crippen LogP contribution in [0, 0.1) is 0 Å². The van der Waals surface area contributed by atoms with Gasteiger partial charge in [0, 0.05) is 5.28 Å². The summed E-state index contributed by atoms with van der Waals surface area (Å²) in [5.74, 6) is -0.214. The molecule has 0 aliphatic carbocycles. The molecule has 0 N–H and O–H groups in total. The lowest BCUT2D eigenvalue weighted by molar-refractivity contribution is -0.124. The first-order valence-electron chi connectivity index (χ1n) is 8.95. The minimum absolute atomic E-state index is 0.214. The maximum absolute atomic E-state index is 11.1. The van der Waals surface area contributed by atoms with Gasteiger partial charge in [-0.15, -0.1) is 0 Å². The minimum Gasteiger partial charge on any atom is -0.366 e. The summed E-state index contributed by atoms with van der Waals surface area (Å²) in [6.07, 6.45) is 17.8. The van der Waals surface area contributed by atoms with Crippen LogP contribution in [0.15, 0.2) is 10.4 Å². The molecule has 0 saturated heterocycles. The van der Waals surface area contributed by atoms with Crippen molar-refractivity contribution in [2.24, 2.45) is 10.4 Å². The lowest BCUT2D eigenvalue weighted by atomic mass is 10.0. The van der Waals surface area contributed by atoms with Gasteiger partial charge >= 0.3 is 5.91 Å². The SMILES string of the molecule is CCCCCCCCCCCCCCCC1ON=NC1=O. The van der Waals surface area contributed by atoms with Crippen LogP contribution < -0.4 is 0 Å². The Hall–Kier alpha value is -0.930. The van der Waals surface area contributed by atoms with Gasteiger partial charge < -0.3 is 4.84 Å². The molecule has 1 atom stereocenters. The summed E-state index contributed by atoms with van der Waals surface area (Å²) in [5, 5.41) is 6.66. The molecular formula is C17H32N2O2. The predicted octanol–water partition coefficient (Wildman–Crippen LogP) is 5.76. The van der Waals surface area contributed by atoms with Crippen LogP contribution in [-0.2, 0) is 9.63 Å². The molecule has 0 aromatic carbocycles. The Morgan fingerprint density at radius 2 is 1.29 bits per heavy atom. The Kier molecular flexibility index (Phi) is 11.0. The molecule has 0 spiro atoms. The Labute approximate surface area is 129 Å². The van der Waals surface area contributed by atoms with Crippen molar-refractivity contribution in [3.05, 3.63) is 0 Å². The largest absolute Gasteiger partial charge is 0.366 e. The first-order chi connectivity index (χ1) is 10.3. The number of carbonyl (C=O) groups is 1. The van der Waals surface area contributed by atoms with Gasteiger partial charge in [-0.2, -0.15) is 0 Å². The summed E-state index contributed by atoms with van der Waals surface area (Å²) in [5.41, 5.74) is 0. The third-order valence-corrected chi connectivity index (χ3v) is 4.16. The summed E-state index contributed by atoms with van der Waals surface area (Å²) < 4.78 is 0. The molecule has 1 aliphatic rings. The highest BCUT2D eigenvalue weighted by molar-refractivity contribution is 5.81. The van der Waals surface area contributed by atoms with Crippen molar-refractivity contribution in [2.75, 3.05) is 0 Å². The second-order valence-corrected chi connectivity index (χ2v) is 6.15. The average molecular weight is 296 g/mol. The number of amides is 1. The number of hydrogen-bond acceptors (Lipinski definition) is 3. The molecule has 0 aromatic heterocycles. The van der Waals surface area contributed by atoms with Crippen molar-refractivity contribution in [2.45, 2.75) is 103 Å². The van der Waals surface area contributed by atoms with Crippen molar-refractivity contribution >= 4 is 5.91 Å². The highest BCUT2D eigenvalue weighted by Crippen LogP contribution is 2.16. The number of nitrogens with zero attached hydrogens (tertiary/aromatic N) is 2. The standard InChI is InChI=1S/C17H32N2O2/c1-2-3-4-5-6-7-8-9-10-11-12-13-14-15-16-17(20)18-19-21-16/h16H,2-15H2,1H3. The van der Waals surface area contributed by atoms with Crippen molar-refractivity contribution in [1.82, 2.24) is 0 Å². The molecular weight excluding hydrogens is 264 g/mol. The fourth-order valence-corrected chi connectivity index (χ4v) is 2.75. The fourth-order valence-electron chi connectivity index (χ4n) is 2.75. The van der Waals surface area contributed by atoms with E-state index in [1.807, 2.05) is 0 Å². The number of rotatable bonds is 14. The summed E-state index contributed by atoms with van der Waals surface area (Å²) in [4.78, 5) is 16.0. The van der Waals surface area contributed by atoms with Gasteiger partial charge in [-0.1, -0.05) is 89.1 Å². The molecule has 1 heterocycles. The first kappa shape index (κ1) is 18.1. The monoisotopic (exact) mass is 296 g/mol. The Morgan fingerprint density at radius 1 is 0.810 bits per heavy atom. The summed E-state index contributed by atoms with van der Waals surface area (Å²) in [6.45, 7) is 2.27. The normalized spacial score (nSPS) is 17.4. The molecule has 1 unspecified atom stereocenters. The summed E-state index contributed by atoms with van der Waals surface area (Å²) >= 11 is 0. The highest BCUT2D eigenvalue weighted by atomic mass is 16.7. The molecule has 0 radical (unpaired) electrons. The number of hydrogen-bond donors (Lipinski definition) is 0. The van der Waals surface area contributed by atoms with Crippen molar-refractivity contribution in [1.29, 1.82) is 0 Å². The van der Waals surface area contributed by atoms with Crippen molar-refractivity contribution < 1.29 is 9.63 Å². The van der Waals surface area contributed by atoms with Gasteiger partial charge in [-0.25, -0.2) is 0 Å². The van der Waals surface area contributed by atoms with E-state index in [9.17, 15) is 4.79 Å². The van der Waals surface area contributed by atoms with Gasteiger partial charge in [0.1, 0.15) is 0 Å². The van der Waals surface area contributed by atoms with Crippen LogP contribution in [0.25, 0.3) is 0 Å². The van der Waals surface area contributed by atoms with E-state index in [2.05, 4.69) is 17.3 Å². The molecule has 4 heteroatoms. The maximum Gasteiger partial charge on any atom is 0.311 e. The lowest BCUT2D eigenvalue weighted by Crippen LogP contribution is -2.15. The van der Waals surface area contributed by atoms with Crippen molar-refractivity contribution in [3.63, 3.8) is 0 Å². The molecule has 0 saturated carbocycles. The summed E-state index contributed by atoms with van der Waals surface area (Å²) in [7, 11) is 0. The topological polar surface area (TPSA) is 51.0 Å². The Morgan fingerprint density at radius 3 is 1.71 bits per heavy atom. The number of unbranched alkanes of at least 4 members (excludes halogenated alkanes) is 12. The average Bonchev–Trinajstić information content (AvgIpc) is 2.89. The van der Waals surface area contributed by atoms with E-state index in [4.69, 9.17) is 4.84 Å². The highest BCUT2D eigenvalue weighted by Gasteiger charge is 2.24. The Balaban J connectivity index is 1.72. The van der Waals surface area contributed by atoms with Crippen LogP contribution in [0.1, 0.15) is 96.8 Å². The fraction of sp³-hybridized carbons (Fsp3) is 0.941. The van der Waals surface area contributed by atoms with Crippen LogP contribution in [-0.4, -0.2) is 12.0 Å². The molecule has 21 heavy (non-hydrogen) atoms. The third kappa shape index (κ3) is 9.59. The van der Waals surface area contributed by atoms with E-state index >= 15 is 0 Å². The smallest absolute Gasteiger partial charge is 0.311 e. The van der Waals surface area contributed by atoms with Gasteiger partial charge in [-0.05, 0) is 12.8 Å². The van der Waals surface area contributed by atoms with Crippen LogP contribution >= 0.6 is 0 Å².